The van der Waals surface area contributed by atoms with Gasteiger partial charge in [-0.2, -0.15) is 0 Å². The number of nitrogens with one attached hydrogen (secondary N) is 2. The third kappa shape index (κ3) is 2.55. The predicted octanol–water partition coefficient (Wildman–Crippen LogP) is 0.896. The Labute approximate surface area is 117 Å². The maximum Gasteiger partial charge on any atom is 0.252 e. The Kier molecular flexibility index (Phi) is 3.71. The van der Waals surface area contributed by atoms with E-state index in [1.165, 1.54) is 0 Å². The lowest BCUT2D eigenvalue weighted by molar-refractivity contribution is 0.0287. The van der Waals surface area contributed by atoms with Crippen molar-refractivity contribution < 1.29 is 9.53 Å². The van der Waals surface area contributed by atoms with E-state index < -0.39 is 0 Å². The average Bonchev–Trinajstić information content (AvgIpc) is 2.87. The summed E-state index contributed by atoms with van der Waals surface area (Å²) in [6.45, 7) is 2.91. The minimum absolute atomic E-state index is 0.0454. The Balaban J connectivity index is 1.72. The van der Waals surface area contributed by atoms with Crippen LogP contribution in [0.2, 0.25) is 0 Å². The standard InChI is InChI=1S/C15H19N3O2/c1-18-7-5-12-13(3-2-4-14(12)18)15(19)17-10-11-9-16-6-8-20-11/h2-5,7,11,16H,6,8-10H2,1H3,(H,17,19)/t11-/m1/s1. The van der Waals surface area contributed by atoms with E-state index in [4.69, 9.17) is 4.74 Å². The van der Waals surface area contributed by atoms with Crippen LogP contribution in [0.5, 0.6) is 0 Å². The Morgan fingerprint density at radius 1 is 1.50 bits per heavy atom. The van der Waals surface area contributed by atoms with Crippen molar-refractivity contribution in [2.24, 2.45) is 7.05 Å². The van der Waals surface area contributed by atoms with Gasteiger partial charge in [-0.25, -0.2) is 0 Å². The molecule has 2 N–H and O–H groups in total. The van der Waals surface area contributed by atoms with E-state index in [-0.39, 0.29) is 12.0 Å². The van der Waals surface area contributed by atoms with Crippen LogP contribution in [0.25, 0.3) is 10.9 Å². The third-order valence-corrected chi connectivity index (χ3v) is 3.67. The van der Waals surface area contributed by atoms with Gasteiger partial charge >= 0.3 is 0 Å². The predicted molar refractivity (Wildman–Crippen MR) is 77.9 cm³/mol. The lowest BCUT2D eigenvalue weighted by Gasteiger charge is -2.23. The number of amides is 1. The molecule has 1 amide bonds. The molecule has 1 aromatic carbocycles. The van der Waals surface area contributed by atoms with E-state index in [1.807, 2.05) is 42.1 Å². The van der Waals surface area contributed by atoms with Crippen LogP contribution in [0.3, 0.4) is 0 Å². The zero-order chi connectivity index (χ0) is 13.9. The summed E-state index contributed by atoms with van der Waals surface area (Å²) in [4.78, 5) is 12.3. The quantitative estimate of drug-likeness (QED) is 0.873. The maximum absolute atomic E-state index is 12.3. The number of carbonyl (C=O) groups excluding carboxylic acids is 1. The summed E-state index contributed by atoms with van der Waals surface area (Å²) in [7, 11) is 1.98. The maximum atomic E-state index is 12.3. The minimum Gasteiger partial charge on any atom is -0.374 e. The summed E-state index contributed by atoms with van der Waals surface area (Å²) in [5.74, 6) is -0.0454. The Hall–Kier alpha value is -1.85. The third-order valence-electron chi connectivity index (χ3n) is 3.67. The van der Waals surface area contributed by atoms with Gasteiger partial charge in [0.2, 0.25) is 0 Å². The summed E-state index contributed by atoms with van der Waals surface area (Å²) in [6, 6.07) is 7.76. The van der Waals surface area contributed by atoms with E-state index in [0.29, 0.717) is 18.7 Å². The number of aryl methyl sites for hydroxylation is 1. The number of fused-ring (bicyclic) bond motifs is 1. The number of carbonyl (C=O) groups is 1. The first-order chi connectivity index (χ1) is 9.75. The number of aromatic nitrogens is 1. The number of rotatable bonds is 3. The molecule has 0 aliphatic carbocycles. The Morgan fingerprint density at radius 2 is 2.40 bits per heavy atom. The number of hydrogen-bond donors (Lipinski definition) is 2. The van der Waals surface area contributed by atoms with Crippen LogP contribution in [0, 0.1) is 0 Å². The molecule has 1 aliphatic heterocycles. The van der Waals surface area contributed by atoms with Crippen molar-refractivity contribution in [2.75, 3.05) is 26.2 Å². The van der Waals surface area contributed by atoms with Gasteiger partial charge in [-0.1, -0.05) is 6.07 Å². The SMILES string of the molecule is Cn1ccc2c(C(=O)NC[C@H]3CNCCO3)cccc21. The molecule has 3 rings (SSSR count). The number of morpholine rings is 1. The highest BCUT2D eigenvalue weighted by atomic mass is 16.5. The van der Waals surface area contributed by atoms with Gasteiger partial charge in [0.15, 0.2) is 0 Å². The molecule has 1 aliphatic rings. The highest BCUT2D eigenvalue weighted by molar-refractivity contribution is 6.06. The van der Waals surface area contributed by atoms with Gasteiger partial charge in [0.05, 0.1) is 12.7 Å². The second kappa shape index (κ2) is 5.64. The zero-order valence-electron chi connectivity index (χ0n) is 11.6. The van der Waals surface area contributed by atoms with Crippen LogP contribution in [0.1, 0.15) is 10.4 Å². The molecule has 106 valence electrons. The van der Waals surface area contributed by atoms with Crippen molar-refractivity contribution in [1.82, 2.24) is 15.2 Å². The van der Waals surface area contributed by atoms with E-state index in [9.17, 15) is 4.79 Å². The molecule has 0 bridgehead atoms. The summed E-state index contributed by atoms with van der Waals surface area (Å²) >= 11 is 0. The summed E-state index contributed by atoms with van der Waals surface area (Å²) in [5, 5.41) is 7.19. The van der Waals surface area contributed by atoms with Gasteiger partial charge < -0.3 is 19.9 Å². The summed E-state index contributed by atoms with van der Waals surface area (Å²) in [6.07, 6.45) is 2.03. The fourth-order valence-corrected chi connectivity index (χ4v) is 2.55. The van der Waals surface area contributed by atoms with Crippen molar-refractivity contribution in [3.05, 3.63) is 36.0 Å². The van der Waals surface area contributed by atoms with E-state index in [2.05, 4.69) is 10.6 Å². The van der Waals surface area contributed by atoms with E-state index >= 15 is 0 Å². The molecule has 5 nitrogen and oxygen atoms in total. The first-order valence-corrected chi connectivity index (χ1v) is 6.90. The smallest absolute Gasteiger partial charge is 0.252 e. The largest absolute Gasteiger partial charge is 0.374 e. The topological polar surface area (TPSA) is 55.3 Å². The highest BCUT2D eigenvalue weighted by Gasteiger charge is 2.16. The molecule has 1 saturated heterocycles. The lowest BCUT2D eigenvalue weighted by atomic mass is 10.1. The van der Waals surface area contributed by atoms with Crippen LogP contribution in [-0.2, 0) is 11.8 Å². The van der Waals surface area contributed by atoms with Crippen molar-refractivity contribution >= 4 is 16.8 Å². The lowest BCUT2D eigenvalue weighted by Crippen LogP contribution is -2.45. The molecule has 0 saturated carbocycles. The molecule has 0 radical (unpaired) electrons. The molecule has 0 spiro atoms. The van der Waals surface area contributed by atoms with Gasteiger partial charge in [0.25, 0.3) is 5.91 Å². The zero-order valence-corrected chi connectivity index (χ0v) is 11.6. The van der Waals surface area contributed by atoms with Crippen LogP contribution in [0.15, 0.2) is 30.5 Å². The minimum atomic E-state index is -0.0454. The fourth-order valence-electron chi connectivity index (χ4n) is 2.55. The highest BCUT2D eigenvalue weighted by Crippen LogP contribution is 2.19. The fraction of sp³-hybridized carbons (Fsp3) is 0.400. The first-order valence-electron chi connectivity index (χ1n) is 6.90. The number of hydrogen-bond acceptors (Lipinski definition) is 3. The van der Waals surface area contributed by atoms with Gasteiger partial charge in [0, 0.05) is 49.3 Å². The molecule has 20 heavy (non-hydrogen) atoms. The Bertz CT molecular complexity index is 615. The second-order valence-corrected chi connectivity index (χ2v) is 5.07. The normalized spacial score (nSPS) is 19.1. The molecule has 1 fully saturated rings. The van der Waals surface area contributed by atoms with Crippen LogP contribution >= 0.6 is 0 Å². The molecule has 5 heteroatoms. The first kappa shape index (κ1) is 13.1. The van der Waals surface area contributed by atoms with Gasteiger partial charge in [-0.3, -0.25) is 4.79 Å². The average molecular weight is 273 g/mol. The number of benzene rings is 1. The van der Waals surface area contributed by atoms with Crippen molar-refractivity contribution in [3.8, 4) is 0 Å². The monoisotopic (exact) mass is 273 g/mol. The molecular formula is C15H19N3O2. The Morgan fingerprint density at radius 3 is 3.20 bits per heavy atom. The summed E-state index contributed by atoms with van der Waals surface area (Å²) in [5.41, 5.74) is 1.78. The molecule has 1 aromatic heterocycles. The number of ether oxygens (including phenoxy) is 1. The van der Waals surface area contributed by atoms with Gasteiger partial charge in [-0.05, 0) is 18.2 Å². The van der Waals surface area contributed by atoms with Crippen molar-refractivity contribution in [3.63, 3.8) is 0 Å². The van der Waals surface area contributed by atoms with Gasteiger partial charge in [0.1, 0.15) is 0 Å². The van der Waals surface area contributed by atoms with Crippen LogP contribution in [-0.4, -0.2) is 42.8 Å². The van der Waals surface area contributed by atoms with Crippen molar-refractivity contribution in [1.29, 1.82) is 0 Å². The van der Waals surface area contributed by atoms with Gasteiger partial charge in [-0.15, -0.1) is 0 Å². The number of nitrogens with zero attached hydrogens (tertiary/aromatic N) is 1. The molecule has 2 aromatic rings. The van der Waals surface area contributed by atoms with Crippen molar-refractivity contribution in [2.45, 2.75) is 6.10 Å². The molecule has 2 heterocycles. The second-order valence-electron chi connectivity index (χ2n) is 5.07. The van der Waals surface area contributed by atoms with E-state index in [0.717, 1.165) is 24.0 Å². The molecule has 0 unspecified atom stereocenters. The van der Waals surface area contributed by atoms with E-state index in [1.54, 1.807) is 0 Å². The molecular weight excluding hydrogens is 254 g/mol. The summed E-state index contributed by atoms with van der Waals surface area (Å²) < 4.78 is 7.59. The molecule has 1 atom stereocenters. The van der Waals surface area contributed by atoms with Crippen LogP contribution in [0.4, 0.5) is 0 Å². The van der Waals surface area contributed by atoms with Crippen LogP contribution < -0.4 is 10.6 Å².